The van der Waals surface area contributed by atoms with E-state index < -0.39 is 0 Å². The fraction of sp³-hybridized carbons (Fsp3) is 0.846. The third-order valence-electron chi connectivity index (χ3n) is 3.39. The normalized spacial score (nSPS) is 15.9. The van der Waals surface area contributed by atoms with Crippen LogP contribution in [-0.2, 0) is 9.59 Å². The molecule has 1 unspecified atom stereocenters. The summed E-state index contributed by atoms with van der Waals surface area (Å²) in [5.74, 6) is 0.473. The van der Waals surface area contributed by atoms with Crippen molar-refractivity contribution in [2.45, 2.75) is 32.6 Å². The van der Waals surface area contributed by atoms with Crippen LogP contribution < -0.4 is 16.0 Å². The van der Waals surface area contributed by atoms with Crippen molar-refractivity contribution in [1.29, 1.82) is 0 Å². The second-order valence-corrected chi connectivity index (χ2v) is 5.02. The summed E-state index contributed by atoms with van der Waals surface area (Å²) in [5.41, 5.74) is 0. The Balaban J connectivity index is 0.00000324. The van der Waals surface area contributed by atoms with Gasteiger partial charge in [0, 0.05) is 31.5 Å². The Morgan fingerprint density at radius 1 is 1.21 bits per heavy atom. The van der Waals surface area contributed by atoms with E-state index in [0.29, 0.717) is 19.6 Å². The SMILES string of the molecule is CNCC(C)C(=O)NCCCNC(=O)C1CCC1.Cl. The average Bonchev–Trinajstić information content (AvgIpc) is 2.26. The van der Waals surface area contributed by atoms with Crippen LogP contribution in [0.3, 0.4) is 0 Å². The highest BCUT2D eigenvalue weighted by Gasteiger charge is 2.24. The number of rotatable bonds is 8. The molecule has 0 aromatic heterocycles. The van der Waals surface area contributed by atoms with Gasteiger partial charge in [0.2, 0.25) is 11.8 Å². The highest BCUT2D eigenvalue weighted by molar-refractivity contribution is 5.85. The quantitative estimate of drug-likeness (QED) is 0.576. The van der Waals surface area contributed by atoms with Crippen LogP contribution in [0.4, 0.5) is 0 Å². The number of carbonyl (C=O) groups excluding carboxylic acids is 2. The molecule has 2 amide bonds. The van der Waals surface area contributed by atoms with Gasteiger partial charge in [-0.2, -0.15) is 0 Å². The lowest BCUT2D eigenvalue weighted by Gasteiger charge is -2.24. The second kappa shape index (κ2) is 10.0. The molecule has 3 N–H and O–H groups in total. The lowest BCUT2D eigenvalue weighted by molar-refractivity contribution is -0.127. The van der Waals surface area contributed by atoms with Crippen LogP contribution in [0.1, 0.15) is 32.6 Å². The van der Waals surface area contributed by atoms with Crippen LogP contribution in [0.2, 0.25) is 0 Å². The molecular formula is C13H26ClN3O2. The fourth-order valence-corrected chi connectivity index (χ4v) is 1.90. The zero-order valence-corrected chi connectivity index (χ0v) is 12.6. The van der Waals surface area contributed by atoms with Crippen molar-refractivity contribution in [3.05, 3.63) is 0 Å². The van der Waals surface area contributed by atoms with Crippen molar-refractivity contribution in [3.8, 4) is 0 Å². The standard InChI is InChI=1S/C13H25N3O2.ClH/c1-10(9-14-2)12(17)15-7-4-8-16-13(18)11-5-3-6-11;/h10-11,14H,3-9H2,1-2H3,(H,15,17)(H,16,18);1H. The Hall–Kier alpha value is -0.810. The van der Waals surface area contributed by atoms with E-state index >= 15 is 0 Å². The van der Waals surface area contributed by atoms with E-state index in [2.05, 4.69) is 16.0 Å². The molecule has 0 aliphatic heterocycles. The average molecular weight is 292 g/mol. The van der Waals surface area contributed by atoms with Gasteiger partial charge in [-0.15, -0.1) is 12.4 Å². The van der Waals surface area contributed by atoms with Crippen molar-refractivity contribution in [2.24, 2.45) is 11.8 Å². The second-order valence-electron chi connectivity index (χ2n) is 5.02. The monoisotopic (exact) mass is 291 g/mol. The lowest BCUT2D eigenvalue weighted by Crippen LogP contribution is -2.38. The molecule has 1 aliphatic rings. The van der Waals surface area contributed by atoms with Crippen molar-refractivity contribution in [1.82, 2.24) is 16.0 Å². The summed E-state index contributed by atoms with van der Waals surface area (Å²) < 4.78 is 0. The van der Waals surface area contributed by atoms with Gasteiger partial charge < -0.3 is 16.0 Å². The molecule has 19 heavy (non-hydrogen) atoms. The summed E-state index contributed by atoms with van der Waals surface area (Å²) in [4.78, 5) is 23.1. The predicted octanol–water partition coefficient (Wildman–Crippen LogP) is 0.686. The predicted molar refractivity (Wildman–Crippen MR) is 78.3 cm³/mol. The van der Waals surface area contributed by atoms with Crippen molar-refractivity contribution >= 4 is 24.2 Å². The maximum atomic E-state index is 11.6. The van der Waals surface area contributed by atoms with Gasteiger partial charge in [-0.1, -0.05) is 13.3 Å². The molecule has 0 bridgehead atoms. The highest BCUT2D eigenvalue weighted by atomic mass is 35.5. The summed E-state index contributed by atoms with van der Waals surface area (Å²) >= 11 is 0. The molecule has 1 aliphatic carbocycles. The summed E-state index contributed by atoms with van der Waals surface area (Å²) in [6, 6.07) is 0. The lowest BCUT2D eigenvalue weighted by atomic mass is 9.85. The molecular weight excluding hydrogens is 266 g/mol. The first kappa shape index (κ1) is 18.2. The van der Waals surface area contributed by atoms with E-state index in [1.54, 1.807) is 0 Å². The van der Waals surface area contributed by atoms with Crippen LogP contribution in [0.25, 0.3) is 0 Å². The number of hydrogen-bond acceptors (Lipinski definition) is 3. The van der Waals surface area contributed by atoms with Crippen LogP contribution in [0.5, 0.6) is 0 Å². The Morgan fingerprint density at radius 3 is 2.37 bits per heavy atom. The van der Waals surface area contributed by atoms with Gasteiger partial charge in [-0.05, 0) is 26.3 Å². The van der Waals surface area contributed by atoms with E-state index in [1.165, 1.54) is 6.42 Å². The number of carbonyl (C=O) groups is 2. The van der Waals surface area contributed by atoms with Crippen LogP contribution in [-0.4, -0.2) is 38.5 Å². The third-order valence-corrected chi connectivity index (χ3v) is 3.39. The van der Waals surface area contributed by atoms with Gasteiger partial charge in [0.05, 0.1) is 0 Å². The Kier molecular flexibility index (Phi) is 9.61. The number of hydrogen-bond donors (Lipinski definition) is 3. The highest BCUT2D eigenvalue weighted by Crippen LogP contribution is 2.25. The first-order valence-corrected chi connectivity index (χ1v) is 6.85. The van der Waals surface area contributed by atoms with Gasteiger partial charge in [-0.25, -0.2) is 0 Å². The van der Waals surface area contributed by atoms with Crippen LogP contribution in [0, 0.1) is 11.8 Å². The van der Waals surface area contributed by atoms with Crippen molar-refractivity contribution in [3.63, 3.8) is 0 Å². The van der Waals surface area contributed by atoms with E-state index in [0.717, 1.165) is 19.3 Å². The Labute approximate surface area is 121 Å². The number of nitrogens with one attached hydrogen (secondary N) is 3. The van der Waals surface area contributed by atoms with Gasteiger partial charge in [0.25, 0.3) is 0 Å². The minimum Gasteiger partial charge on any atom is -0.356 e. The fourth-order valence-electron chi connectivity index (χ4n) is 1.90. The zero-order valence-electron chi connectivity index (χ0n) is 11.8. The van der Waals surface area contributed by atoms with Crippen molar-refractivity contribution in [2.75, 3.05) is 26.7 Å². The topological polar surface area (TPSA) is 70.2 Å². The minimum atomic E-state index is -0.0143. The molecule has 1 atom stereocenters. The number of amides is 2. The van der Waals surface area contributed by atoms with E-state index in [-0.39, 0.29) is 36.1 Å². The van der Waals surface area contributed by atoms with E-state index in [9.17, 15) is 9.59 Å². The zero-order chi connectivity index (χ0) is 13.4. The molecule has 1 saturated carbocycles. The molecule has 0 radical (unpaired) electrons. The van der Waals surface area contributed by atoms with E-state index in [4.69, 9.17) is 0 Å². The molecule has 0 aromatic rings. The Morgan fingerprint density at radius 2 is 1.84 bits per heavy atom. The van der Waals surface area contributed by atoms with Gasteiger partial charge in [0.1, 0.15) is 0 Å². The first-order chi connectivity index (χ1) is 8.65. The molecule has 0 aromatic carbocycles. The summed E-state index contributed by atoms with van der Waals surface area (Å²) in [5, 5.41) is 8.75. The minimum absolute atomic E-state index is 0. The molecule has 0 saturated heterocycles. The van der Waals surface area contributed by atoms with Crippen LogP contribution in [0.15, 0.2) is 0 Å². The third kappa shape index (κ3) is 6.78. The summed E-state index contributed by atoms with van der Waals surface area (Å²) in [6.07, 6.45) is 4.03. The molecule has 0 heterocycles. The van der Waals surface area contributed by atoms with E-state index in [1.807, 2.05) is 14.0 Å². The Bertz CT molecular complexity index is 283. The number of halogens is 1. The van der Waals surface area contributed by atoms with Gasteiger partial charge in [-0.3, -0.25) is 9.59 Å². The molecule has 1 rings (SSSR count). The molecule has 112 valence electrons. The van der Waals surface area contributed by atoms with Gasteiger partial charge >= 0.3 is 0 Å². The molecule has 0 spiro atoms. The largest absolute Gasteiger partial charge is 0.356 e. The molecule has 6 heteroatoms. The smallest absolute Gasteiger partial charge is 0.224 e. The maximum Gasteiger partial charge on any atom is 0.224 e. The first-order valence-electron chi connectivity index (χ1n) is 6.85. The molecule has 1 fully saturated rings. The van der Waals surface area contributed by atoms with Crippen molar-refractivity contribution < 1.29 is 9.59 Å². The summed E-state index contributed by atoms with van der Waals surface area (Å²) in [7, 11) is 1.83. The van der Waals surface area contributed by atoms with Crippen LogP contribution >= 0.6 is 12.4 Å². The summed E-state index contributed by atoms with van der Waals surface area (Å²) in [6.45, 7) is 3.85. The molecule has 5 nitrogen and oxygen atoms in total. The maximum absolute atomic E-state index is 11.6. The van der Waals surface area contributed by atoms with Gasteiger partial charge in [0.15, 0.2) is 0 Å².